The zero-order valence-electron chi connectivity index (χ0n) is 32.9. The Hall–Kier alpha value is -2.57. The quantitative estimate of drug-likeness (QED) is 0.0485. The van der Waals surface area contributed by atoms with Gasteiger partial charge in [-0.05, 0) is 92.2 Å². The van der Waals surface area contributed by atoms with Crippen LogP contribution in [0.25, 0.3) is 0 Å². The Bertz CT molecular complexity index is 1130. The minimum Gasteiger partial charge on any atom is -0.482 e. The van der Waals surface area contributed by atoms with Crippen molar-refractivity contribution in [3.63, 3.8) is 0 Å². The van der Waals surface area contributed by atoms with Gasteiger partial charge in [-0.3, -0.25) is 9.59 Å². The third-order valence-electron chi connectivity index (χ3n) is 11.4. The Morgan fingerprint density at radius 1 is 0.725 bits per heavy atom. The van der Waals surface area contributed by atoms with Gasteiger partial charge in [-0.25, -0.2) is 4.79 Å². The Morgan fingerprint density at radius 2 is 1.35 bits per heavy atom. The van der Waals surface area contributed by atoms with E-state index < -0.39 is 0 Å². The van der Waals surface area contributed by atoms with Gasteiger partial charge in [0.05, 0.1) is 13.2 Å². The summed E-state index contributed by atoms with van der Waals surface area (Å²) in [7, 11) is 0. The first-order valence-electron chi connectivity index (χ1n) is 21.0. The molecule has 0 bridgehead atoms. The largest absolute Gasteiger partial charge is 0.482 e. The Labute approximate surface area is 310 Å². The van der Waals surface area contributed by atoms with Gasteiger partial charge in [0, 0.05) is 13.8 Å². The zero-order valence-corrected chi connectivity index (χ0v) is 32.9. The summed E-state index contributed by atoms with van der Waals surface area (Å²) in [5.41, 5.74) is 2.48. The van der Waals surface area contributed by atoms with Crippen LogP contribution in [0.5, 0.6) is 5.75 Å². The van der Waals surface area contributed by atoms with E-state index in [1.807, 2.05) is 12.1 Å². The van der Waals surface area contributed by atoms with Crippen molar-refractivity contribution < 1.29 is 33.3 Å². The van der Waals surface area contributed by atoms with E-state index in [4.69, 9.17) is 18.9 Å². The molecular weight excluding hydrogens is 640 g/mol. The van der Waals surface area contributed by atoms with Crippen LogP contribution in [0.4, 0.5) is 0 Å². The molecule has 51 heavy (non-hydrogen) atoms. The number of unbranched alkanes of at least 4 members (excludes halogenated alkanes) is 15. The van der Waals surface area contributed by atoms with Crippen molar-refractivity contribution >= 4 is 17.9 Å². The van der Waals surface area contributed by atoms with Crippen molar-refractivity contribution in [2.75, 3.05) is 19.8 Å². The summed E-state index contributed by atoms with van der Waals surface area (Å²) in [5.74, 6) is 1.61. The number of benzene rings is 1. The van der Waals surface area contributed by atoms with Gasteiger partial charge in [0.25, 0.3) is 0 Å². The first-order valence-corrected chi connectivity index (χ1v) is 21.0. The highest BCUT2D eigenvalue weighted by atomic mass is 16.6. The molecule has 0 saturated heterocycles. The lowest BCUT2D eigenvalue weighted by Crippen LogP contribution is -2.28. The van der Waals surface area contributed by atoms with Crippen molar-refractivity contribution in [3.8, 4) is 5.75 Å². The molecule has 3 rings (SSSR count). The maximum atomic E-state index is 12.6. The van der Waals surface area contributed by atoms with Crippen LogP contribution in [0.2, 0.25) is 0 Å². The van der Waals surface area contributed by atoms with Gasteiger partial charge >= 0.3 is 17.9 Å². The van der Waals surface area contributed by atoms with Crippen molar-refractivity contribution in [2.24, 2.45) is 23.7 Å². The molecule has 5 atom stereocenters. The lowest BCUT2D eigenvalue weighted by molar-refractivity contribution is -0.148. The summed E-state index contributed by atoms with van der Waals surface area (Å²) in [4.78, 5) is 36.2. The molecule has 2 aliphatic rings. The number of hydrogen-bond donors (Lipinski definition) is 0. The van der Waals surface area contributed by atoms with E-state index in [1.165, 1.54) is 102 Å². The minimum absolute atomic E-state index is 0.0625. The van der Waals surface area contributed by atoms with Crippen LogP contribution in [-0.2, 0) is 41.4 Å². The number of fused-ring (bicyclic) bond motifs is 2. The van der Waals surface area contributed by atoms with Gasteiger partial charge in [0.1, 0.15) is 11.9 Å². The molecule has 1 saturated carbocycles. The average molecular weight is 713 g/mol. The van der Waals surface area contributed by atoms with E-state index in [0.717, 1.165) is 76.4 Å². The monoisotopic (exact) mass is 713 g/mol. The van der Waals surface area contributed by atoms with Crippen molar-refractivity contribution in [1.82, 2.24) is 0 Å². The number of ether oxygens (including phenoxy) is 4. The zero-order chi connectivity index (χ0) is 36.7. The topological polar surface area (TPSA) is 88.1 Å². The fourth-order valence-electron chi connectivity index (χ4n) is 8.70. The lowest BCUT2D eigenvalue weighted by atomic mass is 9.73. The molecule has 290 valence electrons. The van der Waals surface area contributed by atoms with Gasteiger partial charge in [-0.15, -0.1) is 0 Å². The van der Waals surface area contributed by atoms with Crippen LogP contribution in [0.15, 0.2) is 18.2 Å². The average Bonchev–Trinajstić information content (AvgIpc) is 3.45. The molecule has 1 aromatic rings. The molecule has 1 fully saturated rings. The highest BCUT2D eigenvalue weighted by molar-refractivity contribution is 5.71. The summed E-state index contributed by atoms with van der Waals surface area (Å²) in [6, 6.07) is 6.19. The first-order chi connectivity index (χ1) is 24.8. The molecule has 0 aliphatic heterocycles. The van der Waals surface area contributed by atoms with E-state index in [0.29, 0.717) is 31.0 Å². The van der Waals surface area contributed by atoms with Gasteiger partial charge in [0.2, 0.25) is 0 Å². The smallest absolute Gasteiger partial charge is 0.344 e. The lowest BCUT2D eigenvalue weighted by Gasteiger charge is -2.33. The molecule has 0 spiro atoms. The van der Waals surface area contributed by atoms with Gasteiger partial charge in [-0.2, -0.15) is 0 Å². The van der Waals surface area contributed by atoms with Crippen LogP contribution in [0, 0.1) is 23.7 Å². The van der Waals surface area contributed by atoms with Crippen molar-refractivity contribution in [3.05, 3.63) is 29.3 Å². The summed E-state index contributed by atoms with van der Waals surface area (Å²) in [5, 5.41) is 0. The first kappa shape index (κ1) is 42.8. The number of rotatable bonds is 28. The molecule has 0 heterocycles. The van der Waals surface area contributed by atoms with Crippen LogP contribution < -0.4 is 4.74 Å². The standard InChI is InChI=1S/C44H72O7/c1-5-7-9-10-11-12-13-14-15-16-17-18-19-21-28-48-44(47)33-50-43-25-22-23-36-30-41-37(31-42(36)43)29-38(32-49-34(3)45)40(41)27-26-39(51-35(4)46)24-20-8-6-2/h22-23,25,37-41H,5-21,24,26-33H2,1-4H3. The SMILES string of the molecule is CCCCCCCCCCCCCCCCOC(=O)COc1cccc2c1CC1CC(COC(C)=O)C(CCC(CCCCC)OC(C)=O)C1C2. The predicted octanol–water partition coefficient (Wildman–Crippen LogP) is 10.9. The Kier molecular flexibility index (Phi) is 21.3. The molecule has 7 nitrogen and oxygen atoms in total. The molecule has 0 radical (unpaired) electrons. The maximum absolute atomic E-state index is 12.6. The van der Waals surface area contributed by atoms with Gasteiger partial charge < -0.3 is 18.9 Å². The number of hydrogen-bond acceptors (Lipinski definition) is 7. The Morgan fingerprint density at radius 3 is 1.98 bits per heavy atom. The van der Waals surface area contributed by atoms with Crippen LogP contribution in [0.1, 0.15) is 174 Å². The predicted molar refractivity (Wildman–Crippen MR) is 205 cm³/mol. The summed E-state index contributed by atoms with van der Waals surface area (Å²) < 4.78 is 22.9. The van der Waals surface area contributed by atoms with E-state index in [-0.39, 0.29) is 36.5 Å². The fourth-order valence-corrected chi connectivity index (χ4v) is 8.70. The highest BCUT2D eigenvalue weighted by Crippen LogP contribution is 2.51. The number of esters is 3. The molecule has 1 aromatic carbocycles. The van der Waals surface area contributed by atoms with Crippen LogP contribution >= 0.6 is 0 Å². The van der Waals surface area contributed by atoms with Gasteiger partial charge in [0.15, 0.2) is 6.61 Å². The molecular formula is C44H72O7. The fraction of sp³-hybridized carbons (Fsp3) is 0.795. The van der Waals surface area contributed by atoms with E-state index in [9.17, 15) is 14.4 Å². The molecule has 0 amide bonds. The molecule has 0 N–H and O–H groups in total. The molecule has 2 aliphatic carbocycles. The van der Waals surface area contributed by atoms with E-state index in [1.54, 1.807) is 0 Å². The summed E-state index contributed by atoms with van der Waals surface area (Å²) in [6.07, 6.45) is 27.0. The van der Waals surface area contributed by atoms with Crippen LogP contribution in [0.3, 0.4) is 0 Å². The third-order valence-corrected chi connectivity index (χ3v) is 11.4. The maximum Gasteiger partial charge on any atom is 0.344 e. The van der Waals surface area contributed by atoms with Gasteiger partial charge in [-0.1, -0.05) is 122 Å². The third kappa shape index (κ3) is 16.8. The van der Waals surface area contributed by atoms with E-state index in [2.05, 4.69) is 19.9 Å². The summed E-state index contributed by atoms with van der Waals surface area (Å²) in [6.45, 7) is 8.26. The van der Waals surface area contributed by atoms with E-state index >= 15 is 0 Å². The second-order valence-electron chi connectivity index (χ2n) is 15.6. The van der Waals surface area contributed by atoms with Crippen molar-refractivity contribution in [1.29, 1.82) is 0 Å². The normalized spacial score (nSPS) is 19.9. The second-order valence-corrected chi connectivity index (χ2v) is 15.6. The molecule has 7 heteroatoms. The van der Waals surface area contributed by atoms with Crippen molar-refractivity contribution in [2.45, 2.75) is 181 Å². The van der Waals surface area contributed by atoms with Crippen LogP contribution in [-0.4, -0.2) is 43.8 Å². The second kappa shape index (κ2) is 25.4. The number of carbonyl (C=O) groups excluding carboxylic acids is 3. The minimum atomic E-state index is -0.306. The summed E-state index contributed by atoms with van der Waals surface area (Å²) >= 11 is 0. The highest BCUT2D eigenvalue weighted by Gasteiger charge is 2.46. The Balaban J connectivity index is 1.40. The molecule has 0 aromatic heterocycles. The molecule has 5 unspecified atom stereocenters. The number of carbonyl (C=O) groups is 3.